The normalized spacial score (nSPS) is 36.1. The molecule has 0 spiro atoms. The Labute approximate surface area is 124 Å². The second kappa shape index (κ2) is 7.77. The molecule has 1 heterocycles. The molecule has 2 rings (SSSR count). The maximum atomic E-state index is 6.03. The van der Waals surface area contributed by atoms with Crippen LogP contribution in [0.2, 0.25) is 0 Å². The van der Waals surface area contributed by atoms with E-state index in [9.17, 15) is 0 Å². The van der Waals surface area contributed by atoms with Crippen LogP contribution in [0.5, 0.6) is 0 Å². The molecule has 3 heteroatoms. The lowest BCUT2D eigenvalue weighted by Gasteiger charge is -2.44. The quantitative estimate of drug-likeness (QED) is 0.775. The number of hydrogen-bond acceptors (Lipinski definition) is 3. The first-order valence-electron chi connectivity index (χ1n) is 8.54. The largest absolute Gasteiger partial charge is 0.378 e. The van der Waals surface area contributed by atoms with Crippen LogP contribution in [0.25, 0.3) is 0 Å². The fourth-order valence-corrected chi connectivity index (χ4v) is 4.28. The number of rotatable bonds is 7. The van der Waals surface area contributed by atoms with Crippen LogP contribution in [0.1, 0.15) is 64.7 Å². The van der Waals surface area contributed by atoms with E-state index in [0.717, 1.165) is 12.5 Å². The van der Waals surface area contributed by atoms with Crippen molar-refractivity contribution in [3.8, 4) is 0 Å². The van der Waals surface area contributed by atoms with Crippen LogP contribution < -0.4 is 5.32 Å². The van der Waals surface area contributed by atoms with Crippen molar-refractivity contribution in [2.75, 3.05) is 20.8 Å². The summed E-state index contributed by atoms with van der Waals surface area (Å²) < 4.78 is 11.8. The average molecular weight is 283 g/mol. The Morgan fingerprint density at radius 2 is 2.20 bits per heavy atom. The third kappa shape index (κ3) is 3.96. The fraction of sp³-hybridized carbons (Fsp3) is 1.00. The Balaban J connectivity index is 1.84. The number of methoxy groups -OCH3 is 1. The lowest BCUT2D eigenvalue weighted by Crippen LogP contribution is -2.53. The molecule has 1 saturated heterocycles. The molecule has 0 aromatic carbocycles. The van der Waals surface area contributed by atoms with Crippen molar-refractivity contribution in [3.05, 3.63) is 0 Å². The van der Waals surface area contributed by atoms with Crippen LogP contribution in [0.3, 0.4) is 0 Å². The molecule has 1 N–H and O–H groups in total. The van der Waals surface area contributed by atoms with Gasteiger partial charge in [-0.15, -0.1) is 0 Å². The zero-order valence-corrected chi connectivity index (χ0v) is 13.6. The van der Waals surface area contributed by atoms with E-state index in [-0.39, 0.29) is 5.60 Å². The van der Waals surface area contributed by atoms with Gasteiger partial charge in [-0.2, -0.15) is 0 Å². The van der Waals surface area contributed by atoms with E-state index in [1.165, 1.54) is 57.8 Å². The minimum absolute atomic E-state index is 0.0585. The first-order valence-corrected chi connectivity index (χ1v) is 8.54. The number of hydrogen-bond donors (Lipinski definition) is 1. The Morgan fingerprint density at radius 1 is 1.35 bits per heavy atom. The number of ether oxygens (including phenoxy) is 2. The third-order valence-corrected chi connectivity index (χ3v) is 5.42. The average Bonchev–Trinajstić information content (AvgIpc) is 2.96. The van der Waals surface area contributed by atoms with Crippen LogP contribution in [0.15, 0.2) is 0 Å². The Bertz CT molecular complexity index is 278. The summed E-state index contributed by atoms with van der Waals surface area (Å²) in [7, 11) is 4.00. The molecule has 1 aliphatic heterocycles. The third-order valence-electron chi connectivity index (χ3n) is 5.42. The summed E-state index contributed by atoms with van der Waals surface area (Å²) in [4.78, 5) is 0. The van der Waals surface area contributed by atoms with Crippen LogP contribution in [-0.4, -0.2) is 38.5 Å². The zero-order valence-electron chi connectivity index (χ0n) is 13.6. The molecule has 3 nitrogen and oxygen atoms in total. The van der Waals surface area contributed by atoms with Crippen LogP contribution in [-0.2, 0) is 9.47 Å². The Hall–Kier alpha value is -0.120. The van der Waals surface area contributed by atoms with E-state index in [2.05, 4.69) is 19.3 Å². The van der Waals surface area contributed by atoms with Crippen molar-refractivity contribution in [2.24, 2.45) is 5.92 Å². The molecule has 0 amide bonds. The van der Waals surface area contributed by atoms with Crippen LogP contribution >= 0.6 is 0 Å². The highest BCUT2D eigenvalue weighted by molar-refractivity contribution is 4.96. The standard InChI is InChI=1S/C17H33NO2/c1-14-7-5-11-17(13-14,19-3)16(18-2)10-4-8-15-9-6-12-20-15/h14-16,18H,4-13H2,1-3H3. The highest BCUT2D eigenvalue weighted by atomic mass is 16.5. The summed E-state index contributed by atoms with van der Waals surface area (Å²) in [6.07, 6.45) is 11.8. The van der Waals surface area contributed by atoms with Gasteiger partial charge in [-0.1, -0.05) is 19.8 Å². The van der Waals surface area contributed by atoms with Crippen molar-refractivity contribution in [1.29, 1.82) is 0 Å². The van der Waals surface area contributed by atoms with Gasteiger partial charge in [-0.3, -0.25) is 0 Å². The molecule has 0 aromatic heterocycles. The first kappa shape index (κ1) is 16.3. The topological polar surface area (TPSA) is 30.5 Å². The minimum atomic E-state index is 0.0585. The highest BCUT2D eigenvalue weighted by Gasteiger charge is 2.41. The van der Waals surface area contributed by atoms with Crippen molar-refractivity contribution in [1.82, 2.24) is 5.32 Å². The molecule has 4 atom stereocenters. The molecule has 2 fully saturated rings. The zero-order chi connectivity index (χ0) is 14.4. The van der Waals surface area contributed by atoms with Gasteiger partial charge >= 0.3 is 0 Å². The van der Waals surface area contributed by atoms with Gasteiger partial charge in [0.15, 0.2) is 0 Å². The predicted octanol–water partition coefficient (Wildman–Crippen LogP) is 3.52. The molecule has 20 heavy (non-hydrogen) atoms. The van der Waals surface area contributed by atoms with Crippen molar-refractivity contribution >= 4 is 0 Å². The van der Waals surface area contributed by atoms with Gasteiger partial charge in [0.05, 0.1) is 11.7 Å². The monoisotopic (exact) mass is 283 g/mol. The summed E-state index contributed by atoms with van der Waals surface area (Å²) in [5.41, 5.74) is 0.0585. The summed E-state index contributed by atoms with van der Waals surface area (Å²) in [5, 5.41) is 3.54. The summed E-state index contributed by atoms with van der Waals surface area (Å²) in [6, 6.07) is 0.483. The molecule has 2 aliphatic rings. The highest BCUT2D eigenvalue weighted by Crippen LogP contribution is 2.38. The van der Waals surface area contributed by atoms with Crippen molar-refractivity contribution in [2.45, 2.75) is 82.5 Å². The van der Waals surface area contributed by atoms with E-state index in [4.69, 9.17) is 9.47 Å². The minimum Gasteiger partial charge on any atom is -0.378 e. The van der Waals surface area contributed by atoms with Gasteiger partial charge < -0.3 is 14.8 Å². The van der Waals surface area contributed by atoms with Crippen molar-refractivity contribution in [3.63, 3.8) is 0 Å². The lowest BCUT2D eigenvalue weighted by molar-refractivity contribution is -0.0802. The predicted molar refractivity (Wildman–Crippen MR) is 83.0 cm³/mol. The first-order chi connectivity index (χ1) is 9.70. The summed E-state index contributed by atoms with van der Waals surface area (Å²) in [5.74, 6) is 0.790. The molecule has 0 radical (unpaired) electrons. The summed E-state index contributed by atoms with van der Waals surface area (Å²) >= 11 is 0. The molecule has 1 aliphatic carbocycles. The number of nitrogens with one attached hydrogen (secondary N) is 1. The fourth-order valence-electron chi connectivity index (χ4n) is 4.28. The Kier molecular flexibility index (Phi) is 6.31. The van der Waals surface area contributed by atoms with Gasteiger partial charge in [-0.25, -0.2) is 0 Å². The van der Waals surface area contributed by atoms with E-state index < -0.39 is 0 Å². The van der Waals surface area contributed by atoms with Crippen molar-refractivity contribution < 1.29 is 9.47 Å². The van der Waals surface area contributed by atoms with Crippen LogP contribution in [0.4, 0.5) is 0 Å². The van der Waals surface area contributed by atoms with E-state index in [1.807, 2.05) is 7.11 Å². The van der Waals surface area contributed by atoms with Gasteiger partial charge in [0, 0.05) is 19.8 Å². The SMILES string of the molecule is CNC(CCCC1CCCO1)C1(OC)CCCC(C)C1. The van der Waals surface area contributed by atoms with Gasteiger partial charge in [0.1, 0.15) is 0 Å². The van der Waals surface area contributed by atoms with Crippen LogP contribution in [0, 0.1) is 5.92 Å². The Morgan fingerprint density at radius 3 is 2.80 bits per heavy atom. The van der Waals surface area contributed by atoms with Gasteiger partial charge in [0.2, 0.25) is 0 Å². The molecular formula is C17H33NO2. The molecule has 0 bridgehead atoms. The molecule has 4 unspecified atom stereocenters. The molecular weight excluding hydrogens is 250 g/mol. The van der Waals surface area contributed by atoms with E-state index >= 15 is 0 Å². The summed E-state index contributed by atoms with van der Waals surface area (Å²) in [6.45, 7) is 3.34. The lowest BCUT2D eigenvalue weighted by atomic mass is 9.73. The van der Waals surface area contributed by atoms with Gasteiger partial charge in [-0.05, 0) is 57.9 Å². The number of likely N-dealkylation sites (N-methyl/N-ethyl adjacent to an activating group) is 1. The van der Waals surface area contributed by atoms with E-state index in [0.29, 0.717) is 12.1 Å². The van der Waals surface area contributed by atoms with Gasteiger partial charge in [0.25, 0.3) is 0 Å². The molecule has 118 valence electrons. The smallest absolute Gasteiger partial charge is 0.0833 e. The maximum absolute atomic E-state index is 6.03. The van der Waals surface area contributed by atoms with E-state index in [1.54, 1.807) is 0 Å². The molecule has 0 aromatic rings. The second-order valence-electron chi connectivity index (χ2n) is 6.88. The second-order valence-corrected chi connectivity index (χ2v) is 6.88. The molecule has 1 saturated carbocycles. The maximum Gasteiger partial charge on any atom is 0.0833 e.